The molecule has 0 radical (unpaired) electrons. The van der Waals surface area contributed by atoms with Crippen molar-refractivity contribution in [1.29, 1.82) is 5.26 Å². The molecule has 32 heavy (non-hydrogen) atoms. The van der Waals surface area contributed by atoms with Crippen LogP contribution in [0.25, 0.3) is 21.0 Å². The highest BCUT2D eigenvalue weighted by atomic mass is 32.1. The second-order valence-corrected chi connectivity index (χ2v) is 9.46. The van der Waals surface area contributed by atoms with E-state index < -0.39 is 29.1 Å². The molecule has 1 N–H and O–H groups in total. The number of aryl methyl sites for hydroxylation is 1. The Kier molecular flexibility index (Phi) is 5.37. The third-order valence-electron chi connectivity index (χ3n) is 4.85. The minimum Gasteiger partial charge on any atom is -0.349 e. The fraction of sp³-hybridized carbons (Fsp3) is 0.350. The first kappa shape index (κ1) is 22.4. The fourth-order valence-corrected chi connectivity index (χ4v) is 5.21. The van der Waals surface area contributed by atoms with Crippen LogP contribution in [-0.4, -0.2) is 21.7 Å². The van der Waals surface area contributed by atoms with Crippen molar-refractivity contribution in [3.05, 3.63) is 39.2 Å². The van der Waals surface area contributed by atoms with Gasteiger partial charge >= 0.3 is 6.18 Å². The van der Waals surface area contributed by atoms with Crippen molar-refractivity contribution in [3.8, 4) is 27.1 Å². The average molecular weight is 486 g/mol. The molecule has 0 bridgehead atoms. The highest BCUT2D eigenvalue weighted by Crippen LogP contribution is 2.46. The highest BCUT2D eigenvalue weighted by Gasteiger charge is 2.46. The van der Waals surface area contributed by atoms with Gasteiger partial charge in [0.15, 0.2) is 0 Å². The maximum absolute atomic E-state index is 13.8. The van der Waals surface area contributed by atoms with E-state index in [9.17, 15) is 32.0 Å². The van der Waals surface area contributed by atoms with Crippen LogP contribution in [0.3, 0.4) is 0 Å². The van der Waals surface area contributed by atoms with Crippen LogP contribution in [0, 0.1) is 11.3 Å². The fourth-order valence-electron chi connectivity index (χ4n) is 3.28. The second kappa shape index (κ2) is 7.67. The maximum atomic E-state index is 13.8. The van der Waals surface area contributed by atoms with Crippen LogP contribution in [0.2, 0.25) is 0 Å². The quantitative estimate of drug-likeness (QED) is 0.466. The number of carbonyl (C=O) groups excluding carboxylic acids is 1. The van der Waals surface area contributed by atoms with Gasteiger partial charge in [-0.2, -0.15) is 32.3 Å². The number of amides is 1. The van der Waals surface area contributed by atoms with Crippen LogP contribution in [0.5, 0.6) is 0 Å². The normalized spacial score (nSPS) is 14.4. The van der Waals surface area contributed by atoms with Crippen LogP contribution >= 0.6 is 22.7 Å². The summed E-state index contributed by atoms with van der Waals surface area (Å²) in [6, 6.07) is 5.02. The Balaban J connectivity index is 1.76. The average Bonchev–Trinajstić information content (AvgIpc) is 3.09. The van der Waals surface area contributed by atoms with Gasteiger partial charge < -0.3 is 5.32 Å². The highest BCUT2D eigenvalue weighted by molar-refractivity contribution is 7.22. The molecular weight excluding hydrogens is 471 g/mol. The number of halogens is 5. The number of nitriles is 1. The van der Waals surface area contributed by atoms with E-state index in [1.807, 2.05) is 6.07 Å². The van der Waals surface area contributed by atoms with Crippen molar-refractivity contribution >= 4 is 28.6 Å². The first-order valence-corrected chi connectivity index (χ1v) is 11.1. The van der Waals surface area contributed by atoms with E-state index in [0.29, 0.717) is 16.7 Å². The van der Waals surface area contributed by atoms with Crippen molar-refractivity contribution in [2.24, 2.45) is 7.05 Å². The van der Waals surface area contributed by atoms with E-state index in [1.54, 1.807) is 0 Å². The minimum absolute atomic E-state index is 0.0683. The molecule has 1 amide bonds. The largest absolute Gasteiger partial charge is 0.420 e. The summed E-state index contributed by atoms with van der Waals surface area (Å²) >= 11 is 2.13. The summed E-state index contributed by atoms with van der Waals surface area (Å²) in [5.74, 6) is -4.15. The molecule has 0 atom stereocenters. The first-order chi connectivity index (χ1) is 14.9. The van der Waals surface area contributed by atoms with Crippen LogP contribution in [0.4, 0.5) is 22.0 Å². The SMILES string of the molecule is Cn1nc(C(C)(F)F)c(C(F)(F)F)c1-c1csc(-c2cc(C(=O)NC3CC3)c(C#N)s2)c1. The summed E-state index contributed by atoms with van der Waals surface area (Å²) in [7, 11) is 1.18. The van der Waals surface area contributed by atoms with Gasteiger partial charge in [-0.3, -0.25) is 9.48 Å². The van der Waals surface area contributed by atoms with Crippen molar-refractivity contribution in [1.82, 2.24) is 15.1 Å². The maximum Gasteiger partial charge on any atom is 0.420 e. The van der Waals surface area contributed by atoms with E-state index in [0.717, 1.165) is 40.2 Å². The number of hydrogen-bond acceptors (Lipinski definition) is 5. The molecule has 1 saturated carbocycles. The number of alkyl halides is 5. The van der Waals surface area contributed by atoms with E-state index in [2.05, 4.69) is 10.4 Å². The Bertz CT molecular complexity index is 1240. The number of nitrogens with one attached hydrogen (secondary N) is 1. The standard InChI is InChI=1S/C20H15F5N4OS2/c1-19(21,22)17-15(20(23,24)25)16(29(2)28-17)9-5-12(31-8-9)13-6-11(14(7-26)32-13)18(30)27-10-3-4-10/h5-6,8,10H,3-4H2,1-2H3,(H,27,30). The molecule has 4 rings (SSSR count). The number of nitrogens with zero attached hydrogens (tertiary/aromatic N) is 3. The van der Waals surface area contributed by atoms with Crippen LogP contribution in [0.15, 0.2) is 17.5 Å². The Hall–Kier alpha value is -2.78. The van der Waals surface area contributed by atoms with Gasteiger partial charge in [0.25, 0.3) is 11.8 Å². The third-order valence-corrected chi connectivity index (χ3v) is 7.02. The number of carbonyl (C=O) groups is 1. The van der Waals surface area contributed by atoms with Crippen molar-refractivity contribution in [3.63, 3.8) is 0 Å². The van der Waals surface area contributed by atoms with Crippen LogP contribution in [-0.2, 0) is 19.1 Å². The lowest BCUT2D eigenvalue weighted by Crippen LogP contribution is -2.25. The molecule has 1 aliphatic carbocycles. The van der Waals surface area contributed by atoms with E-state index >= 15 is 0 Å². The smallest absolute Gasteiger partial charge is 0.349 e. The van der Waals surface area contributed by atoms with Gasteiger partial charge in [0.2, 0.25) is 0 Å². The first-order valence-electron chi connectivity index (χ1n) is 9.36. The summed E-state index contributed by atoms with van der Waals surface area (Å²) in [4.78, 5) is 13.6. The third kappa shape index (κ3) is 4.14. The topological polar surface area (TPSA) is 70.7 Å². The van der Waals surface area contributed by atoms with E-state index in [1.165, 1.54) is 24.6 Å². The Morgan fingerprint density at radius 2 is 1.94 bits per heavy atom. The molecule has 168 valence electrons. The number of hydrogen-bond donors (Lipinski definition) is 1. The molecule has 0 unspecified atom stereocenters. The molecule has 3 aromatic rings. The lowest BCUT2D eigenvalue weighted by Gasteiger charge is -2.13. The molecule has 0 aromatic carbocycles. The Morgan fingerprint density at radius 3 is 2.50 bits per heavy atom. The van der Waals surface area contributed by atoms with Gasteiger partial charge in [-0.15, -0.1) is 22.7 Å². The van der Waals surface area contributed by atoms with Crippen LogP contribution < -0.4 is 5.32 Å². The summed E-state index contributed by atoms with van der Waals surface area (Å²) in [5.41, 5.74) is -3.01. The molecule has 0 aliphatic heterocycles. The molecule has 1 fully saturated rings. The van der Waals surface area contributed by atoms with Crippen molar-refractivity contribution in [2.75, 3.05) is 0 Å². The van der Waals surface area contributed by atoms with Gasteiger partial charge in [0.05, 0.1) is 11.3 Å². The summed E-state index contributed by atoms with van der Waals surface area (Å²) < 4.78 is 69.6. The number of aromatic nitrogens is 2. The lowest BCUT2D eigenvalue weighted by atomic mass is 10.0. The van der Waals surface area contributed by atoms with Gasteiger partial charge in [0.1, 0.15) is 22.2 Å². The molecule has 0 saturated heterocycles. The molecule has 3 heterocycles. The van der Waals surface area contributed by atoms with Crippen molar-refractivity contribution < 1.29 is 26.7 Å². The Morgan fingerprint density at radius 1 is 1.25 bits per heavy atom. The minimum atomic E-state index is -5.04. The zero-order valence-electron chi connectivity index (χ0n) is 16.7. The molecular formula is C20H15F5N4OS2. The predicted octanol–water partition coefficient (Wildman–Crippen LogP) is 5.77. The summed E-state index contributed by atoms with van der Waals surface area (Å²) in [6.07, 6.45) is -3.28. The monoisotopic (exact) mass is 486 g/mol. The van der Waals surface area contributed by atoms with Gasteiger partial charge in [-0.25, -0.2) is 0 Å². The van der Waals surface area contributed by atoms with Crippen molar-refractivity contribution in [2.45, 2.75) is 37.9 Å². The molecule has 1 aliphatic rings. The second-order valence-electron chi connectivity index (χ2n) is 7.49. The van der Waals surface area contributed by atoms with Gasteiger partial charge in [-0.05, 0) is 25.0 Å². The lowest BCUT2D eigenvalue weighted by molar-refractivity contribution is -0.141. The van der Waals surface area contributed by atoms with E-state index in [-0.39, 0.29) is 28.0 Å². The van der Waals surface area contributed by atoms with E-state index in [4.69, 9.17) is 0 Å². The van der Waals surface area contributed by atoms with Crippen LogP contribution in [0.1, 0.15) is 46.3 Å². The predicted molar refractivity (Wildman–Crippen MR) is 110 cm³/mol. The zero-order valence-corrected chi connectivity index (χ0v) is 18.3. The summed E-state index contributed by atoms with van der Waals surface area (Å²) in [6.45, 7) is 0.372. The Labute approximate surface area is 187 Å². The molecule has 0 spiro atoms. The summed E-state index contributed by atoms with van der Waals surface area (Å²) in [5, 5.41) is 17.0. The number of rotatable bonds is 5. The van der Waals surface area contributed by atoms with Gasteiger partial charge in [0, 0.05) is 40.7 Å². The molecule has 3 aromatic heterocycles. The van der Waals surface area contributed by atoms with Gasteiger partial charge in [-0.1, -0.05) is 0 Å². The zero-order chi connectivity index (χ0) is 23.4. The molecule has 5 nitrogen and oxygen atoms in total. The molecule has 12 heteroatoms. The number of thiophene rings is 2.